The smallest absolute Gasteiger partial charge is 0.249 e. The van der Waals surface area contributed by atoms with Crippen LogP contribution in [0.4, 0.5) is 5.69 Å². The number of amides is 2. The van der Waals surface area contributed by atoms with Gasteiger partial charge in [0, 0.05) is 11.6 Å². The Morgan fingerprint density at radius 1 is 1.12 bits per heavy atom. The number of hydrogen-bond donors (Lipinski definition) is 4. The van der Waals surface area contributed by atoms with Crippen LogP contribution in [0.2, 0.25) is 5.02 Å². The van der Waals surface area contributed by atoms with E-state index in [1.807, 2.05) is 0 Å². The van der Waals surface area contributed by atoms with Crippen LogP contribution in [-0.4, -0.2) is 28.2 Å². The molecule has 0 fully saturated rings. The van der Waals surface area contributed by atoms with Crippen molar-refractivity contribution in [2.45, 2.75) is 6.42 Å². The van der Waals surface area contributed by atoms with Gasteiger partial charge in [-0.3, -0.25) is 9.59 Å². The summed E-state index contributed by atoms with van der Waals surface area (Å²) in [4.78, 5) is 23.4. The summed E-state index contributed by atoms with van der Waals surface area (Å²) in [7, 11) is 0. The third-order valence-electron chi connectivity index (χ3n) is 2.88. The Labute approximate surface area is 142 Å². The molecule has 0 heterocycles. The first-order valence-electron chi connectivity index (χ1n) is 6.84. The van der Waals surface area contributed by atoms with Gasteiger partial charge in [-0.2, -0.15) is 5.10 Å². The van der Waals surface area contributed by atoms with Crippen molar-refractivity contribution in [3.05, 3.63) is 53.1 Å². The quantitative estimate of drug-likeness (QED) is 0.377. The van der Waals surface area contributed by atoms with E-state index in [0.717, 1.165) is 6.07 Å². The van der Waals surface area contributed by atoms with Crippen molar-refractivity contribution in [2.24, 2.45) is 5.10 Å². The first-order chi connectivity index (χ1) is 11.5. The molecule has 0 unspecified atom stereocenters. The lowest BCUT2D eigenvalue weighted by Gasteiger charge is -2.06. The number of carbonyl (C=O) groups is 2. The van der Waals surface area contributed by atoms with Gasteiger partial charge in [-0.25, -0.2) is 5.43 Å². The van der Waals surface area contributed by atoms with Crippen molar-refractivity contribution in [3.8, 4) is 11.5 Å². The minimum Gasteiger partial charge on any atom is -0.508 e. The SMILES string of the molecule is O=C(CC(=O)Nc1ccccc1Cl)N/N=C\c1ccc(O)cc1O. The highest BCUT2D eigenvalue weighted by Gasteiger charge is 2.10. The number of nitrogens with one attached hydrogen (secondary N) is 2. The molecule has 4 N–H and O–H groups in total. The first kappa shape index (κ1) is 17.3. The molecule has 0 radical (unpaired) electrons. The molecule has 2 amide bonds. The standard InChI is InChI=1S/C16H14ClN3O4/c17-12-3-1-2-4-13(12)19-15(23)8-16(24)20-18-9-10-5-6-11(21)7-14(10)22/h1-7,9,21-22H,8H2,(H,19,23)(H,20,24)/b18-9-. The fourth-order valence-electron chi connectivity index (χ4n) is 1.76. The Hall–Kier alpha value is -3.06. The van der Waals surface area contributed by atoms with Gasteiger partial charge in [-0.05, 0) is 24.3 Å². The third kappa shape index (κ3) is 4.99. The van der Waals surface area contributed by atoms with Gasteiger partial charge in [0.05, 0.1) is 16.9 Å². The van der Waals surface area contributed by atoms with Crippen molar-refractivity contribution < 1.29 is 19.8 Å². The zero-order valence-electron chi connectivity index (χ0n) is 12.4. The summed E-state index contributed by atoms with van der Waals surface area (Å²) in [5.41, 5.74) is 2.88. The van der Waals surface area contributed by atoms with Gasteiger partial charge in [0.15, 0.2) is 0 Å². The van der Waals surface area contributed by atoms with Gasteiger partial charge in [0.1, 0.15) is 17.9 Å². The lowest BCUT2D eigenvalue weighted by atomic mass is 10.2. The Morgan fingerprint density at radius 2 is 1.88 bits per heavy atom. The summed E-state index contributed by atoms with van der Waals surface area (Å²) in [5.74, 6) is -1.45. The van der Waals surface area contributed by atoms with Crippen molar-refractivity contribution in [2.75, 3.05) is 5.32 Å². The summed E-state index contributed by atoms with van der Waals surface area (Å²) in [6.07, 6.45) is 0.753. The molecule has 0 aromatic heterocycles. The maximum atomic E-state index is 11.7. The zero-order valence-corrected chi connectivity index (χ0v) is 13.1. The molecule has 2 rings (SSSR count). The second-order valence-electron chi connectivity index (χ2n) is 4.74. The molecule has 0 aliphatic carbocycles. The van der Waals surface area contributed by atoms with E-state index in [1.165, 1.54) is 18.3 Å². The fraction of sp³-hybridized carbons (Fsp3) is 0.0625. The molecule has 7 nitrogen and oxygen atoms in total. The molecule has 0 saturated carbocycles. The average Bonchev–Trinajstić information content (AvgIpc) is 2.51. The number of phenols is 2. The minimum absolute atomic E-state index is 0.0927. The number of para-hydroxylation sites is 1. The predicted octanol–water partition coefficient (Wildman–Crippen LogP) is 2.23. The van der Waals surface area contributed by atoms with Gasteiger partial charge in [-0.1, -0.05) is 23.7 Å². The van der Waals surface area contributed by atoms with E-state index in [0.29, 0.717) is 16.3 Å². The number of aromatic hydroxyl groups is 2. The minimum atomic E-state index is -0.630. The van der Waals surface area contributed by atoms with Crippen molar-refractivity contribution in [1.29, 1.82) is 0 Å². The van der Waals surface area contributed by atoms with Crippen molar-refractivity contribution >= 4 is 35.3 Å². The molecule has 2 aromatic rings. The molecule has 0 spiro atoms. The molecule has 24 heavy (non-hydrogen) atoms. The van der Waals surface area contributed by atoms with E-state index in [1.54, 1.807) is 24.3 Å². The third-order valence-corrected chi connectivity index (χ3v) is 3.21. The average molecular weight is 348 g/mol. The summed E-state index contributed by atoms with van der Waals surface area (Å²) in [6, 6.07) is 10.6. The predicted molar refractivity (Wildman–Crippen MR) is 90.2 cm³/mol. The lowest BCUT2D eigenvalue weighted by Crippen LogP contribution is -2.24. The number of hydrogen-bond acceptors (Lipinski definition) is 5. The van der Waals surface area contributed by atoms with E-state index in [9.17, 15) is 14.7 Å². The van der Waals surface area contributed by atoms with Gasteiger partial charge in [0.25, 0.3) is 0 Å². The van der Waals surface area contributed by atoms with Crippen LogP contribution in [0.15, 0.2) is 47.6 Å². The highest BCUT2D eigenvalue weighted by molar-refractivity contribution is 6.33. The van der Waals surface area contributed by atoms with E-state index in [2.05, 4.69) is 15.8 Å². The van der Waals surface area contributed by atoms with Crippen LogP contribution < -0.4 is 10.7 Å². The highest BCUT2D eigenvalue weighted by atomic mass is 35.5. The lowest BCUT2D eigenvalue weighted by molar-refractivity contribution is -0.126. The van der Waals surface area contributed by atoms with Gasteiger partial charge >= 0.3 is 0 Å². The van der Waals surface area contributed by atoms with E-state index < -0.39 is 18.2 Å². The molecule has 0 bridgehead atoms. The molecular formula is C16H14ClN3O4. The molecular weight excluding hydrogens is 334 g/mol. The highest BCUT2D eigenvalue weighted by Crippen LogP contribution is 2.21. The number of benzene rings is 2. The number of halogens is 1. The number of hydrazone groups is 1. The van der Waals surface area contributed by atoms with Crippen LogP contribution in [0.3, 0.4) is 0 Å². The fourth-order valence-corrected chi connectivity index (χ4v) is 1.94. The van der Waals surface area contributed by atoms with Crippen LogP contribution in [0.25, 0.3) is 0 Å². The second-order valence-corrected chi connectivity index (χ2v) is 5.15. The maximum Gasteiger partial charge on any atom is 0.249 e. The van der Waals surface area contributed by atoms with E-state index >= 15 is 0 Å². The Kier molecular flexibility index (Phi) is 5.75. The van der Waals surface area contributed by atoms with Gasteiger partial charge in [-0.15, -0.1) is 0 Å². The topological polar surface area (TPSA) is 111 Å². The number of rotatable bonds is 5. The summed E-state index contributed by atoms with van der Waals surface area (Å²) in [6.45, 7) is 0. The zero-order chi connectivity index (χ0) is 17.5. The molecule has 0 aliphatic rings. The Bertz CT molecular complexity index is 793. The summed E-state index contributed by atoms with van der Waals surface area (Å²) >= 11 is 5.90. The number of carbonyl (C=O) groups excluding carboxylic acids is 2. The van der Waals surface area contributed by atoms with Crippen LogP contribution >= 0.6 is 11.6 Å². The normalized spacial score (nSPS) is 10.5. The summed E-state index contributed by atoms with van der Waals surface area (Å²) in [5, 5.41) is 25.2. The number of anilines is 1. The maximum absolute atomic E-state index is 11.7. The van der Waals surface area contributed by atoms with Crippen molar-refractivity contribution in [1.82, 2.24) is 5.43 Å². The molecule has 124 valence electrons. The Balaban J connectivity index is 1.85. The van der Waals surface area contributed by atoms with Crippen LogP contribution in [0, 0.1) is 0 Å². The van der Waals surface area contributed by atoms with Crippen LogP contribution in [-0.2, 0) is 9.59 Å². The second kappa shape index (κ2) is 7.98. The van der Waals surface area contributed by atoms with Crippen LogP contribution in [0.1, 0.15) is 12.0 Å². The Morgan fingerprint density at radius 3 is 2.58 bits per heavy atom. The molecule has 0 aliphatic heterocycles. The largest absolute Gasteiger partial charge is 0.508 e. The summed E-state index contributed by atoms with van der Waals surface area (Å²) < 4.78 is 0. The molecule has 0 saturated heterocycles. The molecule has 2 aromatic carbocycles. The first-order valence-corrected chi connectivity index (χ1v) is 7.22. The number of nitrogens with zero attached hydrogens (tertiary/aromatic N) is 1. The number of phenolic OH excluding ortho intramolecular Hbond substituents is 2. The van der Waals surface area contributed by atoms with E-state index in [4.69, 9.17) is 16.7 Å². The molecule has 8 heteroatoms. The van der Waals surface area contributed by atoms with Crippen LogP contribution in [0.5, 0.6) is 11.5 Å². The monoisotopic (exact) mass is 347 g/mol. The van der Waals surface area contributed by atoms with E-state index in [-0.39, 0.29) is 11.5 Å². The molecule has 0 atom stereocenters. The van der Waals surface area contributed by atoms with Crippen molar-refractivity contribution in [3.63, 3.8) is 0 Å². The van der Waals surface area contributed by atoms with Gasteiger partial charge in [0.2, 0.25) is 11.8 Å². The van der Waals surface area contributed by atoms with Gasteiger partial charge < -0.3 is 15.5 Å².